The molecule has 0 aromatic carbocycles. The first-order valence-electron chi connectivity index (χ1n) is 5.00. The van der Waals surface area contributed by atoms with Crippen LogP contribution in [0.2, 0.25) is 0 Å². The quantitative estimate of drug-likeness (QED) is 0.584. The summed E-state index contributed by atoms with van der Waals surface area (Å²) >= 11 is 0. The summed E-state index contributed by atoms with van der Waals surface area (Å²) in [7, 11) is 0. The molecule has 1 heterocycles. The van der Waals surface area contributed by atoms with Gasteiger partial charge < -0.3 is 0 Å². The number of nitrogens with zero attached hydrogens (tertiary/aromatic N) is 1. The van der Waals surface area contributed by atoms with E-state index in [1.54, 1.807) is 0 Å². The summed E-state index contributed by atoms with van der Waals surface area (Å²) in [4.78, 5) is 2.58. The molecule has 0 aromatic heterocycles. The third-order valence-electron chi connectivity index (χ3n) is 2.53. The molecular formula is C11H21N. The Kier molecular flexibility index (Phi) is 3.33. The fourth-order valence-electron chi connectivity index (χ4n) is 2.07. The molecule has 0 radical (unpaired) electrons. The van der Waals surface area contributed by atoms with Crippen molar-refractivity contribution in [3.8, 4) is 0 Å². The Balaban J connectivity index is 2.46. The standard InChI is InChI=1S/C11H21N/c1-9(2)8-12-7-5-6-11(12)10(3)4/h9,11H,3,5-8H2,1-2,4H3. The van der Waals surface area contributed by atoms with Gasteiger partial charge in [0.1, 0.15) is 0 Å². The Morgan fingerprint density at radius 1 is 1.58 bits per heavy atom. The van der Waals surface area contributed by atoms with E-state index in [2.05, 4.69) is 32.3 Å². The van der Waals surface area contributed by atoms with Gasteiger partial charge in [-0.25, -0.2) is 0 Å². The molecule has 0 aromatic rings. The lowest BCUT2D eigenvalue weighted by Crippen LogP contribution is -2.33. The van der Waals surface area contributed by atoms with E-state index in [-0.39, 0.29) is 0 Å². The van der Waals surface area contributed by atoms with Crippen LogP contribution < -0.4 is 0 Å². The summed E-state index contributed by atoms with van der Waals surface area (Å²) in [6, 6.07) is 0.674. The number of rotatable bonds is 3. The van der Waals surface area contributed by atoms with Gasteiger partial charge in [-0.15, -0.1) is 0 Å². The molecule has 1 fully saturated rings. The topological polar surface area (TPSA) is 3.24 Å². The van der Waals surface area contributed by atoms with Crippen LogP contribution in [0.25, 0.3) is 0 Å². The van der Waals surface area contributed by atoms with Crippen LogP contribution in [0.4, 0.5) is 0 Å². The summed E-state index contributed by atoms with van der Waals surface area (Å²) < 4.78 is 0. The Labute approximate surface area is 76.5 Å². The van der Waals surface area contributed by atoms with Crippen molar-refractivity contribution in [1.82, 2.24) is 4.90 Å². The van der Waals surface area contributed by atoms with E-state index in [0.29, 0.717) is 6.04 Å². The van der Waals surface area contributed by atoms with Crippen LogP contribution in [0.15, 0.2) is 12.2 Å². The van der Waals surface area contributed by atoms with Crippen molar-refractivity contribution in [3.05, 3.63) is 12.2 Å². The summed E-state index contributed by atoms with van der Waals surface area (Å²) in [5, 5.41) is 0. The predicted octanol–water partition coefficient (Wildman–Crippen LogP) is 2.68. The average Bonchev–Trinajstić information content (AvgIpc) is 2.33. The van der Waals surface area contributed by atoms with Crippen LogP contribution in [-0.4, -0.2) is 24.0 Å². The molecule has 0 N–H and O–H groups in total. The second-order valence-electron chi connectivity index (χ2n) is 4.39. The minimum atomic E-state index is 0.674. The van der Waals surface area contributed by atoms with Gasteiger partial charge in [0.05, 0.1) is 0 Å². The minimum Gasteiger partial charge on any atom is -0.296 e. The molecule has 0 amide bonds. The Bertz CT molecular complexity index is 160. The van der Waals surface area contributed by atoms with Gasteiger partial charge in [0.15, 0.2) is 0 Å². The maximum atomic E-state index is 4.05. The van der Waals surface area contributed by atoms with Crippen LogP contribution in [0.5, 0.6) is 0 Å². The predicted molar refractivity (Wildman–Crippen MR) is 54.2 cm³/mol. The van der Waals surface area contributed by atoms with Crippen LogP contribution in [-0.2, 0) is 0 Å². The highest BCUT2D eigenvalue weighted by Gasteiger charge is 2.24. The molecule has 0 spiro atoms. The second kappa shape index (κ2) is 4.08. The SMILES string of the molecule is C=C(C)C1CCCN1CC(C)C. The summed E-state index contributed by atoms with van der Waals surface area (Å²) in [5.41, 5.74) is 1.34. The molecule has 70 valence electrons. The van der Waals surface area contributed by atoms with Gasteiger partial charge in [0.25, 0.3) is 0 Å². The molecule has 0 aliphatic carbocycles. The van der Waals surface area contributed by atoms with E-state index in [4.69, 9.17) is 0 Å². The van der Waals surface area contributed by atoms with Gasteiger partial charge in [0, 0.05) is 12.6 Å². The third-order valence-corrected chi connectivity index (χ3v) is 2.53. The largest absolute Gasteiger partial charge is 0.296 e. The molecule has 1 nitrogen and oxygen atoms in total. The van der Waals surface area contributed by atoms with Gasteiger partial charge in [-0.05, 0) is 32.2 Å². The first-order chi connectivity index (χ1) is 5.61. The summed E-state index contributed by atoms with van der Waals surface area (Å²) in [6.45, 7) is 13.3. The van der Waals surface area contributed by atoms with Crippen molar-refractivity contribution < 1.29 is 0 Å². The highest BCUT2D eigenvalue weighted by atomic mass is 15.2. The Morgan fingerprint density at radius 2 is 2.25 bits per heavy atom. The van der Waals surface area contributed by atoms with E-state index in [9.17, 15) is 0 Å². The lowest BCUT2D eigenvalue weighted by Gasteiger charge is -2.26. The summed E-state index contributed by atoms with van der Waals surface area (Å²) in [6.07, 6.45) is 2.67. The fourth-order valence-corrected chi connectivity index (χ4v) is 2.07. The Hall–Kier alpha value is -0.300. The lowest BCUT2D eigenvalue weighted by atomic mass is 10.1. The van der Waals surface area contributed by atoms with Crippen molar-refractivity contribution in [2.45, 2.75) is 39.7 Å². The second-order valence-corrected chi connectivity index (χ2v) is 4.39. The zero-order chi connectivity index (χ0) is 9.14. The van der Waals surface area contributed by atoms with Crippen LogP contribution in [0, 0.1) is 5.92 Å². The molecule has 1 unspecified atom stereocenters. The van der Waals surface area contributed by atoms with Crippen LogP contribution in [0.1, 0.15) is 33.6 Å². The third kappa shape index (κ3) is 2.34. The molecule has 1 saturated heterocycles. The first kappa shape index (κ1) is 9.79. The molecule has 1 aliphatic heterocycles. The molecule has 12 heavy (non-hydrogen) atoms. The highest BCUT2D eigenvalue weighted by molar-refractivity contribution is 5.05. The monoisotopic (exact) mass is 167 g/mol. The minimum absolute atomic E-state index is 0.674. The number of hydrogen-bond acceptors (Lipinski definition) is 1. The lowest BCUT2D eigenvalue weighted by molar-refractivity contribution is 0.250. The van der Waals surface area contributed by atoms with Crippen molar-refractivity contribution in [2.75, 3.05) is 13.1 Å². The van der Waals surface area contributed by atoms with Crippen molar-refractivity contribution >= 4 is 0 Å². The maximum absolute atomic E-state index is 4.05. The van der Waals surface area contributed by atoms with Crippen molar-refractivity contribution in [3.63, 3.8) is 0 Å². The summed E-state index contributed by atoms with van der Waals surface area (Å²) in [5.74, 6) is 0.782. The maximum Gasteiger partial charge on any atom is 0.0302 e. The zero-order valence-corrected chi connectivity index (χ0v) is 8.64. The molecule has 1 rings (SSSR count). The van der Waals surface area contributed by atoms with E-state index in [0.717, 1.165) is 5.92 Å². The van der Waals surface area contributed by atoms with Gasteiger partial charge >= 0.3 is 0 Å². The van der Waals surface area contributed by atoms with E-state index >= 15 is 0 Å². The van der Waals surface area contributed by atoms with Crippen molar-refractivity contribution in [2.24, 2.45) is 5.92 Å². The Morgan fingerprint density at radius 3 is 2.75 bits per heavy atom. The van der Waals surface area contributed by atoms with Gasteiger partial charge in [-0.3, -0.25) is 4.90 Å². The number of likely N-dealkylation sites (tertiary alicyclic amines) is 1. The highest BCUT2D eigenvalue weighted by Crippen LogP contribution is 2.23. The molecule has 0 bridgehead atoms. The number of hydrogen-bond donors (Lipinski definition) is 0. The smallest absolute Gasteiger partial charge is 0.0302 e. The van der Waals surface area contributed by atoms with Crippen LogP contribution >= 0.6 is 0 Å². The van der Waals surface area contributed by atoms with Gasteiger partial charge in [-0.2, -0.15) is 0 Å². The van der Waals surface area contributed by atoms with E-state index in [1.165, 1.54) is 31.5 Å². The normalized spacial score (nSPS) is 25.2. The molecule has 1 heteroatoms. The van der Waals surface area contributed by atoms with E-state index in [1.807, 2.05) is 0 Å². The van der Waals surface area contributed by atoms with Crippen LogP contribution in [0.3, 0.4) is 0 Å². The first-order valence-corrected chi connectivity index (χ1v) is 5.00. The fraction of sp³-hybridized carbons (Fsp3) is 0.818. The van der Waals surface area contributed by atoms with E-state index < -0.39 is 0 Å². The average molecular weight is 167 g/mol. The molecule has 1 aliphatic rings. The molecular weight excluding hydrogens is 146 g/mol. The van der Waals surface area contributed by atoms with Gasteiger partial charge in [-0.1, -0.05) is 26.0 Å². The van der Waals surface area contributed by atoms with Crippen molar-refractivity contribution in [1.29, 1.82) is 0 Å². The molecule has 0 saturated carbocycles. The molecule has 1 atom stereocenters. The zero-order valence-electron chi connectivity index (χ0n) is 8.64. The van der Waals surface area contributed by atoms with Gasteiger partial charge in [0.2, 0.25) is 0 Å².